The van der Waals surface area contributed by atoms with Crippen molar-refractivity contribution in [3.63, 3.8) is 0 Å². The van der Waals surface area contributed by atoms with Crippen LogP contribution in [-0.4, -0.2) is 15.0 Å². The fourth-order valence-corrected chi connectivity index (χ4v) is 1.04. The molecule has 1 aromatic rings. The zero-order valence-electron chi connectivity index (χ0n) is 9.02. The number of hydrogen-bond donors (Lipinski definition) is 2. The molecule has 0 spiro atoms. The maximum absolute atomic E-state index is 10.6. The normalized spacial score (nSPS) is 9.78. The number of phenolic OH excluding ortho intramolecular Hbond substituents is 1. The van der Waals surface area contributed by atoms with E-state index in [2.05, 4.69) is 10.4 Å². The zero-order chi connectivity index (χ0) is 13.0. The van der Waals surface area contributed by atoms with Gasteiger partial charge in [-0.3, -0.25) is 30.7 Å². The minimum absolute atomic E-state index is 0. The van der Waals surface area contributed by atoms with Crippen molar-refractivity contribution < 1.29 is 66.3 Å². The third-order valence-electron chi connectivity index (χ3n) is 1.70. The van der Waals surface area contributed by atoms with E-state index < -0.39 is 32.7 Å². The number of anilines is 1. The van der Waals surface area contributed by atoms with Gasteiger partial charge < -0.3 is 16.4 Å². The largest absolute Gasteiger partial charge is 1.00 e. The van der Waals surface area contributed by atoms with Crippen molar-refractivity contribution >= 4 is 17.1 Å². The van der Waals surface area contributed by atoms with Crippen molar-refractivity contribution in [1.82, 2.24) is 0 Å². The summed E-state index contributed by atoms with van der Waals surface area (Å²) in [6.07, 6.45) is 0. The SMILES string of the molecule is [K+].[NH-]N=NNc1c(O)cc([N+](=O)[O-])cc1[N+](=O)[O-]. The van der Waals surface area contributed by atoms with Crippen LogP contribution in [0.5, 0.6) is 5.75 Å². The van der Waals surface area contributed by atoms with Gasteiger partial charge in [0.05, 0.1) is 22.0 Å². The number of nitro groups is 2. The van der Waals surface area contributed by atoms with E-state index in [4.69, 9.17) is 5.84 Å². The van der Waals surface area contributed by atoms with Crippen LogP contribution in [0.3, 0.4) is 0 Å². The number of hydrogen-bond acceptors (Lipinski definition) is 7. The Labute approximate surface area is 142 Å². The molecule has 0 aliphatic rings. The first kappa shape index (κ1) is 16.7. The Bertz CT molecular complexity index is 505. The molecule has 0 atom stereocenters. The first-order valence-corrected chi connectivity index (χ1v) is 3.95. The number of phenols is 1. The van der Waals surface area contributed by atoms with Crippen LogP contribution >= 0.6 is 0 Å². The Morgan fingerprint density at radius 1 is 1.28 bits per heavy atom. The summed E-state index contributed by atoms with van der Waals surface area (Å²) in [4.78, 5) is 19.2. The second-order valence-corrected chi connectivity index (χ2v) is 2.69. The Hall–Kier alpha value is -1.34. The quantitative estimate of drug-likeness (QED) is 0.235. The minimum Gasteiger partial charge on any atom is -0.505 e. The molecule has 0 bridgehead atoms. The maximum Gasteiger partial charge on any atom is 1.00 e. The van der Waals surface area contributed by atoms with Crippen molar-refractivity contribution in [3.05, 3.63) is 38.2 Å². The molecule has 0 amide bonds. The summed E-state index contributed by atoms with van der Waals surface area (Å²) in [7, 11) is 0. The van der Waals surface area contributed by atoms with Gasteiger partial charge in [-0.25, -0.2) is 0 Å². The summed E-state index contributed by atoms with van der Waals surface area (Å²) in [5.41, 5.74) is 0.0772. The van der Waals surface area contributed by atoms with Crippen LogP contribution in [0.15, 0.2) is 22.6 Å². The number of nitrogens with one attached hydrogen (secondary N) is 2. The third kappa shape index (κ3) is 3.85. The van der Waals surface area contributed by atoms with Gasteiger partial charge in [-0.2, -0.15) is 0 Å². The monoisotopic (exact) mass is 280 g/mol. The predicted octanol–water partition coefficient (Wildman–Crippen LogP) is -1.04. The Kier molecular flexibility index (Phi) is 6.64. The Morgan fingerprint density at radius 3 is 2.33 bits per heavy atom. The van der Waals surface area contributed by atoms with Crippen molar-refractivity contribution in [1.29, 1.82) is 0 Å². The molecule has 11 nitrogen and oxygen atoms in total. The van der Waals surface area contributed by atoms with Crippen LogP contribution in [0.1, 0.15) is 0 Å². The number of benzene rings is 1. The van der Waals surface area contributed by atoms with Crippen molar-refractivity contribution in [3.8, 4) is 5.75 Å². The van der Waals surface area contributed by atoms with Gasteiger partial charge in [0.2, 0.25) is 0 Å². The van der Waals surface area contributed by atoms with Gasteiger partial charge in [-0.05, 0) is 0 Å². The molecule has 0 aromatic heterocycles. The summed E-state index contributed by atoms with van der Waals surface area (Å²) in [5, 5.41) is 35.9. The third-order valence-corrected chi connectivity index (χ3v) is 1.70. The number of non-ortho nitro benzene ring substituents is 1. The number of rotatable bonds is 4. The van der Waals surface area contributed by atoms with Crippen molar-refractivity contribution in [2.75, 3.05) is 5.43 Å². The fourth-order valence-electron chi connectivity index (χ4n) is 1.04. The summed E-state index contributed by atoms with van der Waals surface area (Å²) in [6.45, 7) is 0. The Morgan fingerprint density at radius 2 is 1.89 bits per heavy atom. The first-order chi connectivity index (χ1) is 7.97. The fraction of sp³-hybridized carbons (Fsp3) is 0. The van der Waals surface area contributed by atoms with Crippen molar-refractivity contribution in [2.24, 2.45) is 10.4 Å². The summed E-state index contributed by atoms with van der Waals surface area (Å²) in [6, 6.07) is 1.37. The predicted molar refractivity (Wildman–Crippen MR) is 54.2 cm³/mol. The van der Waals surface area contributed by atoms with Crippen LogP contribution < -0.4 is 56.8 Å². The molecule has 0 unspecified atom stereocenters. The van der Waals surface area contributed by atoms with Crippen LogP contribution in [0.2, 0.25) is 0 Å². The second-order valence-electron chi connectivity index (χ2n) is 2.69. The van der Waals surface area contributed by atoms with Gasteiger partial charge in [0.1, 0.15) is 0 Å². The standard InChI is InChI=1S/C6H5N6O5.K/c7-9-10-8-6-4(12(16)17)1-3(11(14)15)2-5(6)13;/h1-2H,(H3-,7,8,9,10,13);/q-1;+1. The molecule has 0 aliphatic carbocycles. The van der Waals surface area contributed by atoms with Crippen LogP contribution in [0, 0.1) is 20.2 Å². The van der Waals surface area contributed by atoms with Crippen LogP contribution in [0.25, 0.3) is 5.84 Å². The number of aromatic hydroxyl groups is 1. The van der Waals surface area contributed by atoms with Crippen LogP contribution in [-0.2, 0) is 0 Å². The van der Waals surface area contributed by atoms with Gasteiger partial charge in [-0.1, -0.05) is 0 Å². The molecular weight excluding hydrogens is 275 g/mol. The van der Waals surface area contributed by atoms with E-state index in [1.807, 2.05) is 5.43 Å². The van der Waals surface area contributed by atoms with E-state index in [-0.39, 0.29) is 51.4 Å². The van der Waals surface area contributed by atoms with E-state index in [1.165, 1.54) is 0 Å². The molecular formula is C6H5KN6O5. The second kappa shape index (κ2) is 7.17. The summed E-state index contributed by atoms with van der Waals surface area (Å²) in [5.74, 6) is 5.61. The molecule has 0 fully saturated rings. The number of nitrogens with zero attached hydrogens (tertiary/aromatic N) is 4. The minimum atomic E-state index is -0.936. The molecule has 0 aliphatic heterocycles. The summed E-state index contributed by atoms with van der Waals surface area (Å²) >= 11 is 0. The van der Waals surface area contributed by atoms with E-state index in [0.29, 0.717) is 6.07 Å². The van der Waals surface area contributed by atoms with Gasteiger partial charge >= 0.3 is 57.1 Å². The van der Waals surface area contributed by atoms with E-state index in [9.17, 15) is 25.3 Å². The van der Waals surface area contributed by atoms with Crippen molar-refractivity contribution in [2.45, 2.75) is 0 Å². The molecule has 18 heavy (non-hydrogen) atoms. The molecule has 0 radical (unpaired) electrons. The molecule has 1 aromatic carbocycles. The topological polar surface area (TPSA) is 167 Å². The smallest absolute Gasteiger partial charge is 0.505 e. The molecule has 90 valence electrons. The maximum atomic E-state index is 10.6. The van der Waals surface area contributed by atoms with E-state index in [0.717, 1.165) is 6.07 Å². The molecule has 0 heterocycles. The molecule has 3 N–H and O–H groups in total. The molecule has 0 saturated heterocycles. The van der Waals surface area contributed by atoms with Gasteiger partial charge in [0, 0.05) is 0 Å². The first-order valence-electron chi connectivity index (χ1n) is 3.95. The molecule has 0 saturated carbocycles. The summed E-state index contributed by atoms with van der Waals surface area (Å²) < 4.78 is 0. The average molecular weight is 280 g/mol. The average Bonchev–Trinajstić information content (AvgIpc) is 2.26. The van der Waals surface area contributed by atoms with Gasteiger partial charge in [-0.15, -0.1) is 0 Å². The number of nitro benzene ring substituents is 2. The van der Waals surface area contributed by atoms with E-state index in [1.54, 1.807) is 0 Å². The van der Waals surface area contributed by atoms with Gasteiger partial charge in [0.25, 0.3) is 5.69 Å². The van der Waals surface area contributed by atoms with E-state index >= 15 is 0 Å². The van der Waals surface area contributed by atoms with Gasteiger partial charge in [0.15, 0.2) is 11.4 Å². The zero-order valence-corrected chi connectivity index (χ0v) is 12.1. The molecule has 12 heteroatoms. The molecule has 1 rings (SSSR count). The van der Waals surface area contributed by atoms with Crippen LogP contribution in [0.4, 0.5) is 17.1 Å². The Balaban J connectivity index is 0.00000289.